The van der Waals surface area contributed by atoms with E-state index in [1.165, 1.54) is 12.1 Å². The number of pyridine rings is 2. The Kier molecular flexibility index (Phi) is 6.53. The Morgan fingerprint density at radius 3 is 2.47 bits per heavy atom. The Hall–Kier alpha value is -3.22. The van der Waals surface area contributed by atoms with Gasteiger partial charge >= 0.3 is 6.18 Å². The van der Waals surface area contributed by atoms with Crippen LogP contribution in [0.3, 0.4) is 0 Å². The van der Waals surface area contributed by atoms with E-state index in [-0.39, 0.29) is 11.8 Å². The molecule has 1 atom stereocenters. The first kappa shape index (κ1) is 22.0. The van der Waals surface area contributed by atoms with Crippen LogP contribution in [0, 0.1) is 0 Å². The maximum atomic E-state index is 12.8. The molecule has 4 nitrogen and oxygen atoms in total. The molecule has 1 aliphatic rings. The lowest BCUT2D eigenvalue weighted by atomic mass is 9.93. The summed E-state index contributed by atoms with van der Waals surface area (Å²) in [5.41, 5.74) is 2.81. The van der Waals surface area contributed by atoms with E-state index in [1.54, 1.807) is 12.4 Å². The highest BCUT2D eigenvalue weighted by Gasteiger charge is 2.30. The molecule has 1 aliphatic heterocycles. The first-order chi connectivity index (χ1) is 15.4. The third-order valence-corrected chi connectivity index (χ3v) is 5.79. The van der Waals surface area contributed by atoms with Crippen molar-refractivity contribution in [2.75, 3.05) is 13.1 Å². The highest BCUT2D eigenvalue weighted by atomic mass is 19.4. The zero-order valence-electron chi connectivity index (χ0n) is 17.6. The monoisotopic (exact) mass is 439 g/mol. The van der Waals surface area contributed by atoms with Crippen molar-refractivity contribution in [1.29, 1.82) is 0 Å². The van der Waals surface area contributed by atoms with E-state index >= 15 is 0 Å². The maximum Gasteiger partial charge on any atom is 0.416 e. The molecular weight excluding hydrogens is 415 g/mol. The van der Waals surface area contributed by atoms with Gasteiger partial charge in [-0.1, -0.05) is 18.2 Å². The molecule has 0 aliphatic carbocycles. The summed E-state index contributed by atoms with van der Waals surface area (Å²) in [5, 5.41) is 0. The third-order valence-electron chi connectivity index (χ3n) is 5.79. The molecule has 4 rings (SSSR count). The number of carbonyl (C=O) groups excluding carboxylic acids is 1. The number of rotatable bonds is 5. The van der Waals surface area contributed by atoms with E-state index in [2.05, 4.69) is 4.98 Å². The molecule has 32 heavy (non-hydrogen) atoms. The lowest BCUT2D eigenvalue weighted by molar-refractivity contribution is -0.137. The Morgan fingerprint density at radius 1 is 1.00 bits per heavy atom. The highest BCUT2D eigenvalue weighted by Crippen LogP contribution is 2.30. The SMILES string of the molecule is O=C(Cc1ccncc1)N1CCC[C@@H](c2cccc(Cc3ccc(C(F)(F)F)cc3)n2)C1. The van der Waals surface area contributed by atoms with Crippen molar-refractivity contribution in [2.24, 2.45) is 0 Å². The number of piperidine rings is 1. The predicted octanol–water partition coefficient (Wildman–Crippen LogP) is 5.03. The first-order valence-corrected chi connectivity index (χ1v) is 10.7. The first-order valence-electron chi connectivity index (χ1n) is 10.7. The third kappa shape index (κ3) is 5.52. The number of halogens is 3. The molecule has 0 spiro atoms. The van der Waals surface area contributed by atoms with Crippen LogP contribution in [-0.4, -0.2) is 33.9 Å². The second-order valence-electron chi connectivity index (χ2n) is 8.14. The molecule has 0 radical (unpaired) electrons. The standard InChI is InChI=1S/C25H24F3N3O/c26-25(27,28)21-8-6-18(7-9-21)15-22-4-1-5-23(30-22)20-3-2-14-31(17-20)24(32)16-19-10-12-29-13-11-19/h1,4-13,20H,2-3,14-17H2/t20-/m1/s1. The highest BCUT2D eigenvalue weighted by molar-refractivity contribution is 5.78. The average Bonchev–Trinajstić information content (AvgIpc) is 2.80. The number of aromatic nitrogens is 2. The van der Waals surface area contributed by atoms with Gasteiger partial charge in [-0.15, -0.1) is 0 Å². The second-order valence-corrected chi connectivity index (χ2v) is 8.14. The van der Waals surface area contributed by atoms with E-state index in [0.29, 0.717) is 19.4 Å². The van der Waals surface area contributed by atoms with Crippen LogP contribution in [0.2, 0.25) is 0 Å². The van der Waals surface area contributed by atoms with Crippen LogP contribution in [0.25, 0.3) is 0 Å². The van der Waals surface area contributed by atoms with Gasteiger partial charge in [0.1, 0.15) is 0 Å². The van der Waals surface area contributed by atoms with Crippen LogP contribution in [0.4, 0.5) is 13.2 Å². The number of likely N-dealkylation sites (tertiary alicyclic amines) is 1. The summed E-state index contributed by atoms with van der Waals surface area (Å²) in [7, 11) is 0. The summed E-state index contributed by atoms with van der Waals surface area (Å²) in [6.45, 7) is 1.37. The van der Waals surface area contributed by atoms with Gasteiger partial charge < -0.3 is 4.90 Å². The molecule has 0 unspecified atom stereocenters. The van der Waals surface area contributed by atoms with E-state index in [9.17, 15) is 18.0 Å². The summed E-state index contributed by atoms with van der Waals surface area (Å²) in [4.78, 5) is 23.4. The molecule has 1 aromatic carbocycles. The smallest absolute Gasteiger partial charge is 0.342 e. The van der Waals surface area contributed by atoms with Gasteiger partial charge in [-0.05, 0) is 60.4 Å². The van der Waals surface area contributed by atoms with Crippen LogP contribution >= 0.6 is 0 Å². The number of benzene rings is 1. The van der Waals surface area contributed by atoms with Crippen LogP contribution in [0.5, 0.6) is 0 Å². The summed E-state index contributed by atoms with van der Waals surface area (Å²) in [6, 6.07) is 14.7. The lowest BCUT2D eigenvalue weighted by Gasteiger charge is -2.32. The van der Waals surface area contributed by atoms with Crippen molar-refractivity contribution in [1.82, 2.24) is 14.9 Å². The van der Waals surface area contributed by atoms with Crippen molar-refractivity contribution in [3.8, 4) is 0 Å². The van der Waals surface area contributed by atoms with Gasteiger partial charge in [-0.3, -0.25) is 14.8 Å². The van der Waals surface area contributed by atoms with Crippen molar-refractivity contribution < 1.29 is 18.0 Å². The van der Waals surface area contributed by atoms with Gasteiger partial charge in [0.25, 0.3) is 0 Å². The van der Waals surface area contributed by atoms with Gasteiger partial charge in [0.2, 0.25) is 5.91 Å². The number of nitrogens with zero attached hydrogens (tertiary/aromatic N) is 3. The molecule has 0 saturated carbocycles. The van der Waals surface area contributed by atoms with Crippen LogP contribution in [-0.2, 0) is 23.8 Å². The quantitative estimate of drug-likeness (QED) is 0.560. The molecular formula is C25H24F3N3O. The van der Waals surface area contributed by atoms with Crippen LogP contribution in [0.15, 0.2) is 67.0 Å². The number of alkyl halides is 3. The Labute approximate surface area is 185 Å². The molecule has 7 heteroatoms. The van der Waals surface area contributed by atoms with E-state index < -0.39 is 11.7 Å². The summed E-state index contributed by atoms with van der Waals surface area (Å²) >= 11 is 0. The zero-order valence-corrected chi connectivity index (χ0v) is 17.6. The lowest BCUT2D eigenvalue weighted by Crippen LogP contribution is -2.40. The molecule has 3 aromatic rings. The number of hydrogen-bond donors (Lipinski definition) is 0. The van der Waals surface area contributed by atoms with E-state index in [1.807, 2.05) is 35.2 Å². The number of amides is 1. The Bertz CT molecular complexity index is 1050. The molecule has 166 valence electrons. The van der Waals surface area contributed by atoms with E-state index in [4.69, 9.17) is 4.98 Å². The summed E-state index contributed by atoms with van der Waals surface area (Å²) in [6.07, 6.45) is 1.73. The fourth-order valence-electron chi connectivity index (χ4n) is 4.08. The number of carbonyl (C=O) groups is 1. The second kappa shape index (κ2) is 9.51. The minimum atomic E-state index is -4.33. The minimum absolute atomic E-state index is 0.0989. The van der Waals surface area contributed by atoms with Gasteiger partial charge in [0.15, 0.2) is 0 Å². The molecule has 0 bridgehead atoms. The van der Waals surface area contributed by atoms with Crippen LogP contribution in [0.1, 0.15) is 46.8 Å². The Balaban J connectivity index is 1.41. The van der Waals surface area contributed by atoms with Gasteiger partial charge in [-0.25, -0.2) is 0 Å². The molecule has 1 saturated heterocycles. The molecule has 3 heterocycles. The zero-order chi connectivity index (χ0) is 22.6. The number of hydrogen-bond acceptors (Lipinski definition) is 3. The summed E-state index contributed by atoms with van der Waals surface area (Å²) < 4.78 is 38.3. The maximum absolute atomic E-state index is 12.8. The van der Waals surface area contributed by atoms with Gasteiger partial charge in [0.05, 0.1) is 12.0 Å². The normalized spacial score (nSPS) is 16.7. The van der Waals surface area contributed by atoms with Crippen molar-refractivity contribution in [3.63, 3.8) is 0 Å². The molecule has 1 amide bonds. The Morgan fingerprint density at radius 2 is 1.75 bits per heavy atom. The molecule has 1 fully saturated rings. The van der Waals surface area contributed by atoms with Crippen LogP contribution < -0.4 is 0 Å². The molecule has 0 N–H and O–H groups in total. The van der Waals surface area contributed by atoms with Gasteiger partial charge in [0, 0.05) is 49.2 Å². The van der Waals surface area contributed by atoms with Crippen molar-refractivity contribution in [2.45, 2.75) is 37.8 Å². The topological polar surface area (TPSA) is 46.1 Å². The fourth-order valence-corrected chi connectivity index (χ4v) is 4.08. The average molecular weight is 439 g/mol. The molecule has 2 aromatic heterocycles. The largest absolute Gasteiger partial charge is 0.416 e. The van der Waals surface area contributed by atoms with Crippen molar-refractivity contribution in [3.05, 3.63) is 95.1 Å². The summed E-state index contributed by atoms with van der Waals surface area (Å²) in [5.74, 6) is 0.250. The van der Waals surface area contributed by atoms with E-state index in [0.717, 1.165) is 54.0 Å². The van der Waals surface area contributed by atoms with Gasteiger partial charge in [-0.2, -0.15) is 13.2 Å². The predicted molar refractivity (Wildman–Crippen MR) is 115 cm³/mol. The van der Waals surface area contributed by atoms with Crippen molar-refractivity contribution >= 4 is 5.91 Å². The minimum Gasteiger partial charge on any atom is -0.342 e. The fraction of sp³-hybridized carbons (Fsp3) is 0.320.